The second-order valence-corrected chi connectivity index (χ2v) is 5.87. The lowest BCUT2D eigenvalue weighted by Crippen LogP contribution is -2.58. The molecule has 1 aromatic rings. The Morgan fingerprint density at radius 3 is 2.85 bits per heavy atom. The van der Waals surface area contributed by atoms with Crippen molar-refractivity contribution in [3.63, 3.8) is 0 Å². The smallest absolute Gasteiger partial charge is 0.339 e. The zero-order valence-electron chi connectivity index (χ0n) is 12.4. The highest BCUT2D eigenvalue weighted by Gasteiger charge is 2.49. The summed E-state index contributed by atoms with van der Waals surface area (Å²) in [6.07, 6.45) is 2.52. The third-order valence-corrected chi connectivity index (χ3v) is 4.15. The number of hydrogen-bond donors (Lipinski definition) is 2. The quantitative estimate of drug-likeness (QED) is 0.866. The number of pyridine rings is 1. The zero-order chi connectivity index (χ0) is 14.9. The number of carboxylic acids is 1. The molecule has 0 radical (unpaired) electrons. The summed E-state index contributed by atoms with van der Waals surface area (Å²) < 4.78 is 5.69. The van der Waals surface area contributed by atoms with Crippen LogP contribution in [0.3, 0.4) is 0 Å². The van der Waals surface area contributed by atoms with E-state index in [0.717, 1.165) is 12.1 Å². The highest BCUT2D eigenvalue weighted by atomic mass is 16.5. The summed E-state index contributed by atoms with van der Waals surface area (Å²) >= 11 is 0. The lowest BCUT2D eigenvalue weighted by molar-refractivity contribution is -0.0976. The van der Waals surface area contributed by atoms with E-state index in [2.05, 4.69) is 24.1 Å². The minimum atomic E-state index is -0.960. The van der Waals surface area contributed by atoms with Crippen molar-refractivity contribution in [1.29, 1.82) is 0 Å². The maximum absolute atomic E-state index is 11.2. The van der Waals surface area contributed by atoms with Crippen molar-refractivity contribution in [1.82, 2.24) is 4.98 Å². The van der Waals surface area contributed by atoms with Crippen molar-refractivity contribution >= 4 is 11.7 Å². The number of ether oxygens (including phenoxy) is 1. The summed E-state index contributed by atoms with van der Waals surface area (Å²) in [5, 5.41) is 12.6. The molecule has 1 aromatic heterocycles. The summed E-state index contributed by atoms with van der Waals surface area (Å²) in [6.45, 7) is 8.83. The SMILES string of the molecule is CCOC1CC(Nc2cc(C)ncc2C(=O)O)C1(C)C. The van der Waals surface area contributed by atoms with Crippen LogP contribution in [0.2, 0.25) is 0 Å². The van der Waals surface area contributed by atoms with Gasteiger partial charge in [-0.1, -0.05) is 13.8 Å². The molecule has 1 heterocycles. The maximum Gasteiger partial charge on any atom is 0.339 e. The molecule has 1 aliphatic carbocycles. The lowest BCUT2D eigenvalue weighted by Gasteiger charge is -2.52. The van der Waals surface area contributed by atoms with E-state index in [1.165, 1.54) is 6.20 Å². The fourth-order valence-corrected chi connectivity index (χ4v) is 2.65. The molecule has 2 rings (SSSR count). The molecule has 20 heavy (non-hydrogen) atoms. The van der Waals surface area contributed by atoms with Crippen LogP contribution >= 0.6 is 0 Å². The molecule has 0 saturated heterocycles. The van der Waals surface area contributed by atoms with E-state index in [9.17, 15) is 9.90 Å². The number of carboxylic acid groups (broad SMARTS) is 1. The minimum Gasteiger partial charge on any atom is -0.478 e. The van der Waals surface area contributed by atoms with Gasteiger partial charge in [-0.05, 0) is 26.3 Å². The Labute approximate surface area is 119 Å². The number of rotatable bonds is 5. The maximum atomic E-state index is 11.2. The molecule has 0 spiro atoms. The first-order chi connectivity index (χ1) is 9.36. The number of aromatic nitrogens is 1. The van der Waals surface area contributed by atoms with Crippen molar-refractivity contribution in [3.8, 4) is 0 Å². The second-order valence-electron chi connectivity index (χ2n) is 5.87. The van der Waals surface area contributed by atoms with Crippen molar-refractivity contribution in [2.24, 2.45) is 5.41 Å². The van der Waals surface area contributed by atoms with Gasteiger partial charge in [0, 0.05) is 30.0 Å². The van der Waals surface area contributed by atoms with Gasteiger partial charge in [0.05, 0.1) is 11.8 Å². The first-order valence-corrected chi connectivity index (χ1v) is 6.94. The van der Waals surface area contributed by atoms with Gasteiger partial charge in [-0.3, -0.25) is 4.98 Å². The van der Waals surface area contributed by atoms with Crippen LogP contribution < -0.4 is 5.32 Å². The van der Waals surface area contributed by atoms with Gasteiger partial charge in [-0.25, -0.2) is 4.79 Å². The second kappa shape index (κ2) is 5.40. The van der Waals surface area contributed by atoms with Crippen LogP contribution in [0.1, 0.15) is 43.2 Å². The van der Waals surface area contributed by atoms with E-state index < -0.39 is 5.97 Å². The normalized spacial score (nSPS) is 24.0. The average Bonchev–Trinajstić information content (AvgIpc) is 2.37. The largest absolute Gasteiger partial charge is 0.478 e. The minimum absolute atomic E-state index is 0.0110. The Kier molecular flexibility index (Phi) is 3.99. The molecule has 1 fully saturated rings. The van der Waals surface area contributed by atoms with Gasteiger partial charge in [0.2, 0.25) is 0 Å². The molecule has 1 aliphatic rings. The Morgan fingerprint density at radius 2 is 2.30 bits per heavy atom. The number of anilines is 1. The van der Waals surface area contributed by atoms with Crippen LogP contribution in [-0.2, 0) is 4.74 Å². The van der Waals surface area contributed by atoms with Gasteiger partial charge >= 0.3 is 5.97 Å². The van der Waals surface area contributed by atoms with E-state index in [0.29, 0.717) is 12.3 Å². The van der Waals surface area contributed by atoms with Crippen molar-refractivity contribution in [3.05, 3.63) is 23.5 Å². The molecule has 5 heteroatoms. The number of hydrogen-bond acceptors (Lipinski definition) is 4. The predicted molar refractivity (Wildman–Crippen MR) is 77.2 cm³/mol. The molecule has 1 saturated carbocycles. The standard InChI is InChI=1S/C15H22N2O3/c1-5-20-13-7-12(15(13,3)4)17-11-6-9(2)16-8-10(11)14(18)19/h6,8,12-13H,5,7H2,1-4H3,(H,16,17)(H,18,19). The van der Waals surface area contributed by atoms with Crippen LogP contribution in [0.25, 0.3) is 0 Å². The summed E-state index contributed by atoms with van der Waals surface area (Å²) in [5.74, 6) is -0.960. The van der Waals surface area contributed by atoms with E-state index in [-0.39, 0.29) is 23.1 Å². The van der Waals surface area contributed by atoms with Crippen LogP contribution in [0.4, 0.5) is 5.69 Å². The summed E-state index contributed by atoms with van der Waals surface area (Å²) in [5.41, 5.74) is 1.64. The number of carbonyl (C=O) groups is 1. The van der Waals surface area contributed by atoms with Gasteiger partial charge in [0.25, 0.3) is 0 Å². The Balaban J connectivity index is 2.16. The topological polar surface area (TPSA) is 71.5 Å². The Morgan fingerprint density at radius 1 is 1.60 bits per heavy atom. The molecule has 2 N–H and O–H groups in total. The Bertz CT molecular complexity index is 514. The Hall–Kier alpha value is -1.62. The number of aromatic carboxylic acids is 1. The van der Waals surface area contributed by atoms with Crippen LogP contribution in [-0.4, -0.2) is 34.8 Å². The van der Waals surface area contributed by atoms with E-state index >= 15 is 0 Å². The molecule has 110 valence electrons. The van der Waals surface area contributed by atoms with Gasteiger partial charge in [0.1, 0.15) is 5.56 Å². The van der Waals surface area contributed by atoms with Gasteiger partial charge in [0.15, 0.2) is 0 Å². The fraction of sp³-hybridized carbons (Fsp3) is 0.600. The molecular weight excluding hydrogens is 256 g/mol. The van der Waals surface area contributed by atoms with Crippen LogP contribution in [0.5, 0.6) is 0 Å². The number of nitrogens with zero attached hydrogens (tertiary/aromatic N) is 1. The van der Waals surface area contributed by atoms with Crippen molar-refractivity contribution in [2.45, 2.75) is 46.3 Å². The first kappa shape index (κ1) is 14.8. The average molecular weight is 278 g/mol. The fourth-order valence-electron chi connectivity index (χ4n) is 2.65. The molecule has 0 bridgehead atoms. The van der Waals surface area contributed by atoms with E-state index in [1.54, 1.807) is 6.07 Å². The number of aryl methyl sites for hydroxylation is 1. The highest BCUT2D eigenvalue weighted by Crippen LogP contribution is 2.44. The molecular formula is C15H22N2O3. The molecule has 0 aliphatic heterocycles. The van der Waals surface area contributed by atoms with Crippen LogP contribution in [0, 0.1) is 12.3 Å². The molecule has 0 aromatic carbocycles. The number of nitrogens with one attached hydrogen (secondary N) is 1. The van der Waals surface area contributed by atoms with Gasteiger partial charge in [-0.15, -0.1) is 0 Å². The molecule has 5 nitrogen and oxygen atoms in total. The van der Waals surface area contributed by atoms with Crippen LogP contribution in [0.15, 0.2) is 12.3 Å². The monoisotopic (exact) mass is 278 g/mol. The molecule has 0 amide bonds. The third-order valence-electron chi connectivity index (χ3n) is 4.15. The van der Waals surface area contributed by atoms with Crippen molar-refractivity contribution in [2.75, 3.05) is 11.9 Å². The first-order valence-electron chi connectivity index (χ1n) is 6.94. The summed E-state index contributed by atoms with van der Waals surface area (Å²) in [4.78, 5) is 15.3. The summed E-state index contributed by atoms with van der Waals surface area (Å²) in [6, 6.07) is 1.99. The third kappa shape index (κ3) is 2.63. The van der Waals surface area contributed by atoms with Gasteiger partial charge < -0.3 is 15.2 Å². The van der Waals surface area contributed by atoms with Crippen molar-refractivity contribution < 1.29 is 14.6 Å². The van der Waals surface area contributed by atoms with E-state index in [4.69, 9.17) is 4.74 Å². The molecule has 2 unspecified atom stereocenters. The summed E-state index contributed by atoms with van der Waals surface area (Å²) in [7, 11) is 0. The van der Waals surface area contributed by atoms with Gasteiger partial charge in [-0.2, -0.15) is 0 Å². The molecule has 2 atom stereocenters. The predicted octanol–water partition coefficient (Wildman–Crippen LogP) is 2.70. The highest BCUT2D eigenvalue weighted by molar-refractivity contribution is 5.94. The lowest BCUT2D eigenvalue weighted by atomic mass is 9.64. The van der Waals surface area contributed by atoms with E-state index in [1.807, 2.05) is 13.8 Å². The zero-order valence-corrected chi connectivity index (χ0v) is 12.4.